The maximum atomic E-state index is 12.8. The first kappa shape index (κ1) is 19.3. The number of benzene rings is 1. The molecule has 0 fully saturated rings. The summed E-state index contributed by atoms with van der Waals surface area (Å²) in [4.78, 5) is 0. The zero-order chi connectivity index (χ0) is 18.2. The Hall–Kier alpha value is -1.01. The standard InChI is InChI=1S/C14H6Br2Cl2F3N3/c1-6(15)12(16)8-5-24(23-11(8)4-22)13-9(17)2-7(3-10(13)18)14(19,20)21/h2-3,5H,1H3/b12-6-. The molecule has 0 saturated heterocycles. The normalized spacial score (nSPS) is 12.8. The van der Waals surface area contributed by atoms with Gasteiger partial charge < -0.3 is 0 Å². The lowest BCUT2D eigenvalue weighted by Crippen LogP contribution is -2.07. The molecule has 0 amide bonds. The van der Waals surface area contributed by atoms with E-state index in [9.17, 15) is 18.4 Å². The van der Waals surface area contributed by atoms with E-state index < -0.39 is 11.7 Å². The largest absolute Gasteiger partial charge is 0.416 e. The molecule has 10 heteroatoms. The Morgan fingerprint density at radius 1 is 1.25 bits per heavy atom. The Labute approximate surface area is 161 Å². The summed E-state index contributed by atoms with van der Waals surface area (Å²) in [5.41, 5.74) is -0.403. The number of aromatic nitrogens is 2. The summed E-state index contributed by atoms with van der Waals surface area (Å²) in [6.07, 6.45) is -3.12. The molecule has 0 aliphatic heterocycles. The van der Waals surface area contributed by atoms with E-state index in [0.29, 0.717) is 14.5 Å². The lowest BCUT2D eigenvalue weighted by atomic mass is 10.2. The molecule has 1 heterocycles. The van der Waals surface area contributed by atoms with Gasteiger partial charge in [0.05, 0.1) is 15.6 Å². The number of allylic oxidation sites excluding steroid dienone is 1. The molecule has 1 aromatic heterocycles. The molecule has 0 unspecified atom stereocenters. The molecular formula is C14H6Br2Cl2F3N3. The van der Waals surface area contributed by atoms with Crippen molar-refractivity contribution in [3.05, 3.63) is 49.7 Å². The monoisotopic (exact) mass is 501 g/mol. The van der Waals surface area contributed by atoms with Gasteiger partial charge in [0.25, 0.3) is 0 Å². The highest BCUT2D eigenvalue weighted by molar-refractivity contribution is 9.16. The highest BCUT2D eigenvalue weighted by Gasteiger charge is 2.32. The molecule has 2 rings (SSSR count). The van der Waals surface area contributed by atoms with Gasteiger partial charge in [-0.2, -0.15) is 23.5 Å². The molecule has 0 spiro atoms. The zero-order valence-electron chi connectivity index (χ0n) is 11.7. The third kappa shape index (κ3) is 3.80. The van der Waals surface area contributed by atoms with E-state index in [2.05, 4.69) is 37.0 Å². The summed E-state index contributed by atoms with van der Waals surface area (Å²) in [5.74, 6) is 0. The topological polar surface area (TPSA) is 41.6 Å². The smallest absolute Gasteiger partial charge is 0.236 e. The van der Waals surface area contributed by atoms with E-state index in [-0.39, 0.29) is 21.4 Å². The number of hydrogen-bond acceptors (Lipinski definition) is 2. The van der Waals surface area contributed by atoms with Crippen LogP contribution < -0.4 is 0 Å². The molecule has 24 heavy (non-hydrogen) atoms. The average Bonchev–Trinajstić information content (AvgIpc) is 2.88. The fraction of sp³-hybridized carbons (Fsp3) is 0.143. The summed E-state index contributed by atoms with van der Waals surface area (Å²) >= 11 is 18.5. The molecule has 0 aliphatic rings. The molecule has 0 bridgehead atoms. The number of nitriles is 1. The molecule has 126 valence electrons. The van der Waals surface area contributed by atoms with E-state index in [1.807, 2.05) is 6.07 Å². The van der Waals surface area contributed by atoms with Crippen LogP contribution in [-0.4, -0.2) is 9.78 Å². The van der Waals surface area contributed by atoms with Crippen LogP contribution in [0.5, 0.6) is 0 Å². The van der Waals surface area contributed by atoms with Gasteiger partial charge >= 0.3 is 6.18 Å². The van der Waals surface area contributed by atoms with E-state index in [1.165, 1.54) is 10.9 Å². The van der Waals surface area contributed by atoms with Crippen LogP contribution in [0.4, 0.5) is 13.2 Å². The minimum absolute atomic E-state index is 0.0570. The van der Waals surface area contributed by atoms with Crippen molar-refractivity contribution in [1.29, 1.82) is 5.26 Å². The summed E-state index contributed by atoms with van der Waals surface area (Å²) in [7, 11) is 0. The van der Waals surface area contributed by atoms with Crippen molar-refractivity contribution >= 4 is 59.5 Å². The van der Waals surface area contributed by atoms with E-state index in [1.54, 1.807) is 6.92 Å². The van der Waals surface area contributed by atoms with E-state index >= 15 is 0 Å². The van der Waals surface area contributed by atoms with Crippen LogP contribution in [-0.2, 0) is 6.18 Å². The minimum Gasteiger partial charge on any atom is -0.236 e. The summed E-state index contributed by atoms with van der Waals surface area (Å²) in [6.45, 7) is 1.75. The van der Waals surface area contributed by atoms with Gasteiger partial charge in [-0.3, -0.25) is 0 Å². The Morgan fingerprint density at radius 3 is 2.21 bits per heavy atom. The predicted octanol–water partition coefficient (Wildman–Crippen LogP) is 6.55. The van der Waals surface area contributed by atoms with E-state index in [4.69, 9.17) is 23.2 Å². The van der Waals surface area contributed by atoms with E-state index in [0.717, 1.165) is 12.1 Å². The van der Waals surface area contributed by atoms with Gasteiger partial charge in [-0.15, -0.1) is 0 Å². The predicted molar refractivity (Wildman–Crippen MR) is 93.7 cm³/mol. The molecule has 0 atom stereocenters. The third-order valence-electron chi connectivity index (χ3n) is 2.93. The highest BCUT2D eigenvalue weighted by atomic mass is 79.9. The van der Waals surface area contributed by atoms with Crippen molar-refractivity contribution in [3.8, 4) is 11.8 Å². The van der Waals surface area contributed by atoms with Gasteiger partial charge in [-0.05, 0) is 35.0 Å². The fourth-order valence-corrected chi connectivity index (χ4v) is 3.03. The second-order valence-corrected chi connectivity index (χ2v) is 7.38. The molecule has 1 aromatic carbocycles. The maximum absolute atomic E-state index is 12.8. The molecular weight excluding hydrogens is 498 g/mol. The molecule has 0 radical (unpaired) electrons. The van der Waals surface area contributed by atoms with Gasteiger partial charge in [0, 0.05) is 20.7 Å². The molecule has 0 saturated carbocycles. The van der Waals surface area contributed by atoms with Gasteiger partial charge in [0.15, 0.2) is 5.69 Å². The Morgan fingerprint density at radius 2 is 1.79 bits per heavy atom. The molecule has 2 aromatic rings. The fourth-order valence-electron chi connectivity index (χ4n) is 1.87. The number of rotatable bonds is 2. The van der Waals surface area contributed by atoms with Crippen molar-refractivity contribution in [3.63, 3.8) is 0 Å². The SMILES string of the molecule is C/C(Br)=C(/Br)c1cn(-c2c(Cl)cc(C(F)(F)F)cc2Cl)nc1C#N. The van der Waals surface area contributed by atoms with Crippen molar-refractivity contribution in [2.45, 2.75) is 13.1 Å². The number of alkyl halides is 3. The van der Waals surface area contributed by atoms with Crippen LogP contribution in [0.2, 0.25) is 10.0 Å². The van der Waals surface area contributed by atoms with Crippen molar-refractivity contribution < 1.29 is 13.2 Å². The van der Waals surface area contributed by atoms with Crippen molar-refractivity contribution in [1.82, 2.24) is 9.78 Å². The van der Waals surface area contributed by atoms with Gasteiger partial charge in [-0.1, -0.05) is 39.1 Å². The summed E-state index contributed by atoms with van der Waals surface area (Å²) < 4.78 is 40.9. The van der Waals surface area contributed by atoms with Crippen molar-refractivity contribution in [2.24, 2.45) is 0 Å². The second kappa shape index (κ2) is 7.08. The maximum Gasteiger partial charge on any atom is 0.416 e. The second-order valence-electron chi connectivity index (χ2n) is 4.58. The minimum atomic E-state index is -4.57. The number of nitrogens with zero attached hydrogens (tertiary/aromatic N) is 3. The molecule has 3 nitrogen and oxygen atoms in total. The first-order chi connectivity index (χ1) is 11.1. The number of halogens is 7. The lowest BCUT2D eigenvalue weighted by Gasteiger charge is -2.12. The van der Waals surface area contributed by atoms with Crippen LogP contribution in [0.25, 0.3) is 10.2 Å². The van der Waals surface area contributed by atoms with Gasteiger partial charge in [-0.25, -0.2) is 4.68 Å². The van der Waals surface area contributed by atoms with Gasteiger partial charge in [0.1, 0.15) is 11.8 Å². The summed E-state index contributed by atoms with van der Waals surface area (Å²) in [6, 6.07) is 3.43. The van der Waals surface area contributed by atoms with Gasteiger partial charge in [0.2, 0.25) is 0 Å². The van der Waals surface area contributed by atoms with Crippen LogP contribution in [0.15, 0.2) is 22.8 Å². The third-order valence-corrected chi connectivity index (χ3v) is 5.46. The Kier molecular flexibility index (Phi) is 5.70. The van der Waals surface area contributed by atoms with Crippen molar-refractivity contribution in [2.75, 3.05) is 0 Å². The highest BCUT2D eigenvalue weighted by Crippen LogP contribution is 2.38. The Bertz CT molecular complexity index is 855. The van der Waals surface area contributed by atoms with Crippen LogP contribution in [0.3, 0.4) is 0 Å². The molecule has 0 N–H and O–H groups in total. The number of hydrogen-bond donors (Lipinski definition) is 0. The first-order valence-corrected chi connectivity index (χ1v) is 8.49. The lowest BCUT2D eigenvalue weighted by molar-refractivity contribution is -0.137. The van der Waals surface area contributed by atoms with Crippen LogP contribution >= 0.6 is 55.1 Å². The molecule has 0 aliphatic carbocycles. The Balaban J connectivity index is 2.67. The van der Waals surface area contributed by atoms with Crippen LogP contribution in [0.1, 0.15) is 23.7 Å². The quantitative estimate of drug-likeness (QED) is 0.466. The summed E-state index contributed by atoms with van der Waals surface area (Å²) in [5, 5.41) is 12.8. The average molecular weight is 504 g/mol. The zero-order valence-corrected chi connectivity index (χ0v) is 16.4. The van der Waals surface area contributed by atoms with Crippen LogP contribution in [0, 0.1) is 11.3 Å². The first-order valence-electron chi connectivity index (χ1n) is 6.15.